The Balaban J connectivity index is 2.52. The average Bonchev–Trinajstić information content (AvgIpc) is 2.74. The number of hydrogen-bond donors (Lipinski definition) is 2. The van der Waals surface area contributed by atoms with Crippen molar-refractivity contribution in [3.63, 3.8) is 0 Å². The summed E-state index contributed by atoms with van der Waals surface area (Å²) in [6.07, 6.45) is 14.5. The number of carbonyl (C=O) groups is 2. The standard InChI is InChI=1S/C24H34O5S2/c1-2-3-4-5-6-7-8-9-10-16-29-21-13-11-12-20(19-21)24(30-17-14-22(25)26)31-18-15-23(27)28/h6-7,9-13,19,24H,2-5,8,14-18H2,1H3,(H,25,26)(H,27,28). The van der Waals surface area contributed by atoms with Gasteiger partial charge in [0.15, 0.2) is 0 Å². The molecular formula is C24H34O5S2. The molecule has 0 atom stereocenters. The third-order valence-corrected chi connectivity index (χ3v) is 7.07. The Morgan fingerprint density at radius 2 is 1.68 bits per heavy atom. The van der Waals surface area contributed by atoms with Crippen LogP contribution < -0.4 is 4.74 Å². The minimum absolute atomic E-state index is 0.0318. The SMILES string of the molecule is CCCCCC=CCC=CCOc1cccc(C(SCCC(=O)O)SCCC(=O)O)c1. The molecule has 2 N–H and O–H groups in total. The maximum absolute atomic E-state index is 10.8. The predicted octanol–water partition coefficient (Wildman–Crippen LogP) is 6.56. The van der Waals surface area contributed by atoms with Crippen LogP contribution in [-0.2, 0) is 9.59 Å². The Labute approximate surface area is 194 Å². The van der Waals surface area contributed by atoms with Gasteiger partial charge < -0.3 is 14.9 Å². The van der Waals surface area contributed by atoms with E-state index in [2.05, 4.69) is 25.2 Å². The second kappa shape index (κ2) is 17.8. The summed E-state index contributed by atoms with van der Waals surface area (Å²) in [5, 5.41) is 17.8. The maximum atomic E-state index is 10.8. The van der Waals surface area contributed by atoms with Crippen LogP contribution in [0.2, 0.25) is 0 Å². The van der Waals surface area contributed by atoms with Gasteiger partial charge in [-0.3, -0.25) is 9.59 Å². The molecule has 0 aliphatic heterocycles. The van der Waals surface area contributed by atoms with Crippen LogP contribution in [0.1, 0.15) is 62.0 Å². The van der Waals surface area contributed by atoms with Gasteiger partial charge in [-0.2, -0.15) is 0 Å². The Morgan fingerprint density at radius 3 is 2.32 bits per heavy atom. The van der Waals surface area contributed by atoms with Gasteiger partial charge >= 0.3 is 11.9 Å². The highest BCUT2D eigenvalue weighted by Gasteiger charge is 2.15. The monoisotopic (exact) mass is 466 g/mol. The molecule has 1 aromatic rings. The highest BCUT2D eigenvalue weighted by Crippen LogP contribution is 2.41. The van der Waals surface area contributed by atoms with Crippen LogP contribution in [0.15, 0.2) is 48.6 Å². The van der Waals surface area contributed by atoms with Crippen LogP contribution >= 0.6 is 23.5 Å². The fourth-order valence-corrected chi connectivity index (χ4v) is 5.26. The molecule has 0 radical (unpaired) electrons. The predicted molar refractivity (Wildman–Crippen MR) is 131 cm³/mol. The van der Waals surface area contributed by atoms with Gasteiger partial charge in [0.1, 0.15) is 12.4 Å². The molecule has 0 saturated heterocycles. The second-order valence-electron chi connectivity index (χ2n) is 6.92. The molecule has 0 amide bonds. The summed E-state index contributed by atoms with van der Waals surface area (Å²) in [5.41, 5.74) is 1.00. The molecule has 0 fully saturated rings. The van der Waals surface area contributed by atoms with E-state index in [4.69, 9.17) is 14.9 Å². The number of hydrogen-bond acceptors (Lipinski definition) is 5. The van der Waals surface area contributed by atoms with Crippen LogP contribution in [-0.4, -0.2) is 40.3 Å². The Hall–Kier alpha value is -1.86. The van der Waals surface area contributed by atoms with E-state index in [-0.39, 0.29) is 17.4 Å². The van der Waals surface area contributed by atoms with Crippen molar-refractivity contribution < 1.29 is 24.5 Å². The van der Waals surface area contributed by atoms with Crippen LogP contribution in [0.4, 0.5) is 0 Å². The Bertz CT molecular complexity index is 683. The summed E-state index contributed by atoms with van der Waals surface area (Å²) < 4.78 is 5.79. The Kier molecular flexibility index (Phi) is 15.6. The lowest BCUT2D eigenvalue weighted by Crippen LogP contribution is -2.01. The zero-order valence-corrected chi connectivity index (χ0v) is 19.8. The molecule has 1 rings (SSSR count). The normalized spacial score (nSPS) is 11.5. The number of rotatable bonds is 18. The van der Waals surface area contributed by atoms with Crippen LogP contribution in [0.5, 0.6) is 5.75 Å². The fourth-order valence-electron chi connectivity index (χ4n) is 2.61. The number of carboxylic acids is 2. The summed E-state index contributed by atoms with van der Waals surface area (Å²) in [4.78, 5) is 21.6. The molecule has 0 saturated carbocycles. The van der Waals surface area contributed by atoms with Gasteiger partial charge in [0, 0.05) is 11.5 Å². The molecule has 0 aliphatic carbocycles. The van der Waals surface area contributed by atoms with Crippen LogP contribution in [0.3, 0.4) is 0 Å². The van der Waals surface area contributed by atoms with Crippen molar-refractivity contribution >= 4 is 35.5 Å². The number of thioether (sulfide) groups is 2. The van der Waals surface area contributed by atoms with E-state index in [0.717, 1.165) is 24.2 Å². The van der Waals surface area contributed by atoms with E-state index in [9.17, 15) is 9.59 Å². The number of ether oxygens (including phenoxy) is 1. The summed E-state index contributed by atoms with van der Waals surface area (Å²) in [6, 6.07) is 7.73. The summed E-state index contributed by atoms with van der Waals surface area (Å²) >= 11 is 3.04. The molecule has 0 bridgehead atoms. The number of benzene rings is 1. The van der Waals surface area contributed by atoms with Crippen LogP contribution in [0.25, 0.3) is 0 Å². The third-order valence-electron chi connectivity index (χ3n) is 4.23. The molecule has 172 valence electrons. The van der Waals surface area contributed by atoms with Crippen molar-refractivity contribution in [3.8, 4) is 5.75 Å². The van der Waals surface area contributed by atoms with Crippen molar-refractivity contribution in [3.05, 3.63) is 54.1 Å². The first-order valence-electron chi connectivity index (χ1n) is 10.7. The number of carboxylic acid groups (broad SMARTS) is 2. The van der Waals surface area contributed by atoms with E-state index in [1.54, 1.807) is 0 Å². The lowest BCUT2D eigenvalue weighted by Gasteiger charge is -2.17. The minimum atomic E-state index is -0.832. The maximum Gasteiger partial charge on any atom is 0.304 e. The van der Waals surface area contributed by atoms with E-state index < -0.39 is 11.9 Å². The van der Waals surface area contributed by atoms with Gasteiger partial charge in [-0.15, -0.1) is 23.5 Å². The molecule has 0 heterocycles. The average molecular weight is 467 g/mol. The first-order valence-corrected chi connectivity index (χ1v) is 12.8. The lowest BCUT2D eigenvalue weighted by atomic mass is 10.2. The van der Waals surface area contributed by atoms with Crippen molar-refractivity contribution in [2.75, 3.05) is 18.1 Å². The quantitative estimate of drug-likeness (QED) is 0.144. The zero-order valence-electron chi connectivity index (χ0n) is 18.2. The molecule has 0 unspecified atom stereocenters. The molecule has 1 aromatic carbocycles. The highest BCUT2D eigenvalue weighted by atomic mass is 32.2. The van der Waals surface area contributed by atoms with Gasteiger partial charge in [-0.05, 0) is 37.0 Å². The van der Waals surface area contributed by atoms with Crippen LogP contribution in [0, 0.1) is 0 Å². The van der Waals surface area contributed by atoms with Gasteiger partial charge in [0.2, 0.25) is 0 Å². The molecular weight excluding hydrogens is 432 g/mol. The van der Waals surface area contributed by atoms with Crippen molar-refractivity contribution in [2.45, 2.75) is 56.5 Å². The first kappa shape index (κ1) is 27.2. The third kappa shape index (κ3) is 14.7. The van der Waals surface area contributed by atoms with E-state index in [1.165, 1.54) is 42.8 Å². The number of allylic oxidation sites excluding steroid dienone is 3. The number of aliphatic carboxylic acids is 2. The summed E-state index contributed by atoms with van der Waals surface area (Å²) in [6.45, 7) is 2.69. The Morgan fingerprint density at radius 1 is 1.00 bits per heavy atom. The summed E-state index contributed by atoms with van der Waals surface area (Å²) in [7, 11) is 0. The van der Waals surface area contributed by atoms with Gasteiger partial charge in [-0.1, -0.05) is 56.2 Å². The molecule has 31 heavy (non-hydrogen) atoms. The molecule has 7 heteroatoms. The first-order chi connectivity index (χ1) is 15.0. The number of unbranched alkanes of at least 4 members (excludes halogenated alkanes) is 3. The van der Waals surface area contributed by atoms with Crippen molar-refractivity contribution in [1.29, 1.82) is 0 Å². The second-order valence-corrected chi connectivity index (χ2v) is 9.64. The van der Waals surface area contributed by atoms with Gasteiger partial charge in [0.25, 0.3) is 0 Å². The van der Waals surface area contributed by atoms with E-state index in [0.29, 0.717) is 18.1 Å². The molecule has 0 aliphatic rings. The minimum Gasteiger partial charge on any atom is -0.490 e. The highest BCUT2D eigenvalue weighted by molar-refractivity contribution is 8.16. The van der Waals surface area contributed by atoms with Crippen molar-refractivity contribution in [1.82, 2.24) is 0 Å². The molecule has 0 aromatic heterocycles. The van der Waals surface area contributed by atoms with Gasteiger partial charge in [0.05, 0.1) is 17.4 Å². The van der Waals surface area contributed by atoms with Crippen molar-refractivity contribution in [2.24, 2.45) is 0 Å². The summed E-state index contributed by atoms with van der Waals surface area (Å²) in [5.74, 6) is 0.0301. The lowest BCUT2D eigenvalue weighted by molar-refractivity contribution is -0.137. The zero-order chi connectivity index (χ0) is 22.7. The van der Waals surface area contributed by atoms with Gasteiger partial charge in [-0.25, -0.2) is 0 Å². The molecule has 5 nitrogen and oxygen atoms in total. The fraction of sp³-hybridized carbons (Fsp3) is 0.500. The van der Waals surface area contributed by atoms with E-state index in [1.807, 2.05) is 30.3 Å². The smallest absolute Gasteiger partial charge is 0.304 e. The topological polar surface area (TPSA) is 83.8 Å². The van der Waals surface area contributed by atoms with E-state index >= 15 is 0 Å². The largest absolute Gasteiger partial charge is 0.490 e. The molecule has 0 spiro atoms.